The first-order valence-electron chi connectivity index (χ1n) is 10.0. The molecular formula is C21H35NO5. The topological polar surface area (TPSA) is 76.1 Å². The third-order valence-corrected chi connectivity index (χ3v) is 4.62. The highest BCUT2D eigenvalue weighted by molar-refractivity contribution is 5.79. The van der Waals surface area contributed by atoms with Crippen LogP contribution in [0.1, 0.15) is 59.3 Å². The lowest BCUT2D eigenvalue weighted by atomic mass is 10.0. The van der Waals surface area contributed by atoms with Crippen LogP contribution in [0, 0.1) is 0 Å². The van der Waals surface area contributed by atoms with E-state index in [0.717, 1.165) is 37.7 Å². The lowest BCUT2D eigenvalue weighted by Gasteiger charge is -2.25. The molecule has 1 rings (SSSR count). The Bertz CT molecular complexity index is 515. The van der Waals surface area contributed by atoms with Gasteiger partial charge < -0.3 is 19.5 Å². The Morgan fingerprint density at radius 2 is 2.11 bits per heavy atom. The molecule has 2 atom stereocenters. The van der Waals surface area contributed by atoms with Crippen molar-refractivity contribution in [2.24, 2.45) is 0 Å². The van der Waals surface area contributed by atoms with E-state index in [-0.39, 0.29) is 24.5 Å². The zero-order valence-electron chi connectivity index (χ0n) is 17.0. The predicted molar refractivity (Wildman–Crippen MR) is 105 cm³/mol. The monoisotopic (exact) mass is 381 g/mol. The van der Waals surface area contributed by atoms with Crippen LogP contribution in [0.2, 0.25) is 0 Å². The molecule has 0 aliphatic carbocycles. The lowest BCUT2D eigenvalue weighted by molar-refractivity contribution is -0.147. The number of aliphatic hydroxyl groups excluding tert-OH is 1. The van der Waals surface area contributed by atoms with Crippen molar-refractivity contribution < 1.29 is 24.2 Å². The number of unbranched alkanes of at least 4 members (excludes halogenated alkanes) is 2. The molecule has 1 saturated heterocycles. The van der Waals surface area contributed by atoms with Gasteiger partial charge in [0.05, 0.1) is 25.4 Å². The largest absolute Gasteiger partial charge is 0.464 e. The van der Waals surface area contributed by atoms with E-state index in [1.165, 1.54) is 0 Å². The maximum atomic E-state index is 12.2. The number of ether oxygens (including phenoxy) is 2. The van der Waals surface area contributed by atoms with E-state index in [1.807, 2.05) is 24.0 Å². The van der Waals surface area contributed by atoms with E-state index in [0.29, 0.717) is 26.2 Å². The van der Waals surface area contributed by atoms with Crippen molar-refractivity contribution in [3.05, 3.63) is 23.8 Å². The van der Waals surface area contributed by atoms with Crippen molar-refractivity contribution in [2.45, 2.75) is 71.4 Å². The number of carbonyl (C=O) groups excluding carboxylic acids is 2. The van der Waals surface area contributed by atoms with Gasteiger partial charge in [-0.2, -0.15) is 0 Å². The molecule has 0 spiro atoms. The quantitative estimate of drug-likeness (QED) is 0.301. The highest BCUT2D eigenvalue weighted by atomic mass is 16.6. The Morgan fingerprint density at radius 1 is 1.33 bits per heavy atom. The number of hydrogen-bond acceptors (Lipinski definition) is 5. The fourth-order valence-electron chi connectivity index (χ4n) is 3.21. The summed E-state index contributed by atoms with van der Waals surface area (Å²) in [5.41, 5.74) is 1.05. The molecule has 6 heteroatoms. The van der Waals surface area contributed by atoms with Crippen molar-refractivity contribution >= 4 is 11.9 Å². The van der Waals surface area contributed by atoms with Crippen molar-refractivity contribution in [1.82, 2.24) is 4.90 Å². The van der Waals surface area contributed by atoms with Crippen molar-refractivity contribution in [3.63, 3.8) is 0 Å². The van der Waals surface area contributed by atoms with Gasteiger partial charge in [-0.15, -0.1) is 0 Å². The molecule has 0 aromatic heterocycles. The number of hydrogen-bond donors (Lipinski definition) is 1. The maximum absolute atomic E-state index is 12.2. The number of carbonyl (C=O) groups is 2. The van der Waals surface area contributed by atoms with Gasteiger partial charge in [0.1, 0.15) is 6.61 Å². The van der Waals surface area contributed by atoms with Gasteiger partial charge in [0.25, 0.3) is 0 Å². The zero-order valence-corrected chi connectivity index (χ0v) is 17.0. The molecule has 1 heterocycles. The van der Waals surface area contributed by atoms with Gasteiger partial charge in [-0.05, 0) is 26.7 Å². The van der Waals surface area contributed by atoms with Crippen LogP contribution in [-0.2, 0) is 19.1 Å². The highest BCUT2D eigenvalue weighted by Crippen LogP contribution is 2.25. The molecule has 1 aliphatic rings. The normalized spacial score (nSPS) is 19.1. The minimum atomic E-state index is -0.444. The second-order valence-electron chi connectivity index (χ2n) is 6.87. The molecule has 1 N–H and O–H groups in total. The summed E-state index contributed by atoms with van der Waals surface area (Å²) in [6.07, 6.45) is 10.5. The Hall–Kier alpha value is -1.66. The third-order valence-electron chi connectivity index (χ3n) is 4.62. The number of esters is 1. The van der Waals surface area contributed by atoms with Gasteiger partial charge in [-0.1, -0.05) is 50.0 Å². The van der Waals surface area contributed by atoms with Gasteiger partial charge >= 0.3 is 5.97 Å². The SMILES string of the molecule is CCCCCC(O)/C=C(/C)[C@H]1CCC(=O)N1C/C=C\COCC(=O)OCC. The van der Waals surface area contributed by atoms with E-state index < -0.39 is 6.10 Å². The van der Waals surface area contributed by atoms with Crippen LogP contribution in [-0.4, -0.2) is 60.4 Å². The number of rotatable bonds is 13. The molecule has 0 aromatic carbocycles. The molecule has 6 nitrogen and oxygen atoms in total. The molecular weight excluding hydrogens is 346 g/mol. The molecule has 0 bridgehead atoms. The molecule has 1 amide bonds. The Kier molecular flexibility index (Phi) is 11.7. The van der Waals surface area contributed by atoms with Crippen LogP contribution in [0.15, 0.2) is 23.8 Å². The van der Waals surface area contributed by atoms with E-state index in [1.54, 1.807) is 13.0 Å². The Balaban J connectivity index is 2.44. The number of amides is 1. The summed E-state index contributed by atoms with van der Waals surface area (Å²) in [6.45, 7) is 6.97. The molecule has 1 fully saturated rings. The van der Waals surface area contributed by atoms with Crippen LogP contribution in [0.25, 0.3) is 0 Å². The van der Waals surface area contributed by atoms with Gasteiger partial charge in [-0.3, -0.25) is 4.79 Å². The zero-order chi connectivity index (χ0) is 20.1. The number of nitrogens with zero attached hydrogens (tertiary/aromatic N) is 1. The van der Waals surface area contributed by atoms with E-state index >= 15 is 0 Å². The first-order chi connectivity index (χ1) is 13.0. The standard InChI is InChI=1S/C21H35NO5/c1-4-6-7-10-18(23)15-17(3)19-11-12-20(24)22(19)13-8-9-14-26-16-21(25)27-5-2/h8-9,15,18-19,23H,4-7,10-14,16H2,1-3H3/b9-8-,17-15-/t18?,19-/m1/s1. The minimum absolute atomic E-state index is 0.0448. The summed E-state index contributed by atoms with van der Waals surface area (Å²) in [4.78, 5) is 25.2. The van der Waals surface area contributed by atoms with E-state index in [4.69, 9.17) is 9.47 Å². The highest BCUT2D eigenvalue weighted by Gasteiger charge is 2.31. The van der Waals surface area contributed by atoms with Crippen LogP contribution in [0.3, 0.4) is 0 Å². The first kappa shape index (κ1) is 23.4. The van der Waals surface area contributed by atoms with Crippen molar-refractivity contribution in [3.8, 4) is 0 Å². The summed E-state index contributed by atoms with van der Waals surface area (Å²) in [7, 11) is 0. The summed E-state index contributed by atoms with van der Waals surface area (Å²) in [6, 6.07) is 0.0448. The molecule has 0 saturated carbocycles. The first-order valence-corrected chi connectivity index (χ1v) is 10.0. The summed E-state index contributed by atoms with van der Waals surface area (Å²) < 4.78 is 9.98. The molecule has 1 aliphatic heterocycles. The molecule has 154 valence electrons. The van der Waals surface area contributed by atoms with Gasteiger partial charge in [0.15, 0.2) is 0 Å². The Labute approximate surface area is 163 Å². The third kappa shape index (κ3) is 9.20. The Morgan fingerprint density at radius 3 is 2.81 bits per heavy atom. The van der Waals surface area contributed by atoms with Crippen LogP contribution in [0.4, 0.5) is 0 Å². The van der Waals surface area contributed by atoms with Gasteiger partial charge in [0, 0.05) is 13.0 Å². The molecule has 0 radical (unpaired) electrons. The molecule has 27 heavy (non-hydrogen) atoms. The van der Waals surface area contributed by atoms with Crippen LogP contribution >= 0.6 is 0 Å². The number of aliphatic hydroxyl groups is 1. The summed E-state index contributed by atoms with van der Waals surface area (Å²) in [5, 5.41) is 10.2. The summed E-state index contributed by atoms with van der Waals surface area (Å²) >= 11 is 0. The fraction of sp³-hybridized carbons (Fsp3) is 0.714. The molecule has 0 aromatic rings. The second kappa shape index (κ2) is 13.5. The number of likely N-dealkylation sites (tertiary alicyclic amines) is 1. The maximum Gasteiger partial charge on any atom is 0.332 e. The van der Waals surface area contributed by atoms with Gasteiger partial charge in [0.2, 0.25) is 5.91 Å². The van der Waals surface area contributed by atoms with E-state index in [9.17, 15) is 14.7 Å². The second-order valence-corrected chi connectivity index (χ2v) is 6.87. The average Bonchev–Trinajstić information content (AvgIpc) is 2.99. The molecule has 1 unspecified atom stereocenters. The van der Waals surface area contributed by atoms with Crippen molar-refractivity contribution in [1.29, 1.82) is 0 Å². The fourth-order valence-corrected chi connectivity index (χ4v) is 3.21. The smallest absolute Gasteiger partial charge is 0.332 e. The van der Waals surface area contributed by atoms with Gasteiger partial charge in [-0.25, -0.2) is 4.79 Å². The van der Waals surface area contributed by atoms with Crippen LogP contribution in [0.5, 0.6) is 0 Å². The predicted octanol–water partition coefficient (Wildman–Crippen LogP) is 3.00. The minimum Gasteiger partial charge on any atom is -0.464 e. The lowest BCUT2D eigenvalue weighted by Crippen LogP contribution is -2.34. The van der Waals surface area contributed by atoms with Crippen LogP contribution < -0.4 is 0 Å². The van der Waals surface area contributed by atoms with Crippen molar-refractivity contribution in [2.75, 3.05) is 26.4 Å². The van der Waals surface area contributed by atoms with E-state index in [2.05, 4.69) is 6.92 Å². The average molecular weight is 382 g/mol. The summed E-state index contributed by atoms with van der Waals surface area (Å²) in [5.74, 6) is -0.246.